The van der Waals surface area contributed by atoms with Crippen molar-refractivity contribution in [2.24, 2.45) is 0 Å². The van der Waals surface area contributed by atoms with E-state index >= 15 is 0 Å². The highest BCUT2D eigenvalue weighted by atomic mass is 32.2. The summed E-state index contributed by atoms with van der Waals surface area (Å²) in [5.74, 6) is 1.02. The fraction of sp³-hybridized carbons (Fsp3) is 0.250. The minimum Gasteiger partial charge on any atom is -0.486 e. The number of nitrogens with zero attached hydrogens (tertiary/aromatic N) is 2. The van der Waals surface area contributed by atoms with E-state index in [1.807, 2.05) is 0 Å². The number of fused-ring (bicyclic) bond motifs is 1. The number of benzene rings is 2. The molecule has 0 unspecified atom stereocenters. The molecule has 29 heavy (non-hydrogen) atoms. The van der Waals surface area contributed by atoms with Crippen LogP contribution in [-0.2, 0) is 0 Å². The molecule has 0 aliphatic carbocycles. The van der Waals surface area contributed by atoms with E-state index < -0.39 is 11.9 Å². The number of Topliss-reactive ketones (excluding diaryl/α,β-unsaturated/α-hetero) is 1. The van der Waals surface area contributed by atoms with Crippen molar-refractivity contribution in [1.29, 1.82) is 0 Å². The molecule has 0 bridgehead atoms. The molecule has 0 saturated carbocycles. The molecule has 0 fully saturated rings. The third kappa shape index (κ3) is 4.51. The van der Waals surface area contributed by atoms with Crippen LogP contribution in [-0.4, -0.2) is 34.9 Å². The number of para-hydroxylation sites is 1. The Balaban J connectivity index is 1.35. The molecule has 0 saturated heterocycles. The monoisotopic (exact) mass is 416 g/mol. The number of hydrogen-bond acceptors (Lipinski definition) is 8. The standard InChI is InChI=1S/C20H17FN2O5S/c1-12(27-16-5-3-2-4-14(16)21)19-22-23-20(28-19)29-11-15(24)13-6-7-17-18(10-13)26-9-8-25-17/h2-7,10,12H,8-9,11H2,1H3/t12-/m0/s1. The maximum atomic E-state index is 13.7. The summed E-state index contributed by atoms with van der Waals surface area (Å²) >= 11 is 1.12. The molecule has 4 rings (SSSR count). The second-order valence-corrected chi connectivity index (χ2v) is 7.09. The quantitative estimate of drug-likeness (QED) is 0.421. The summed E-state index contributed by atoms with van der Waals surface area (Å²) in [5, 5.41) is 8.06. The van der Waals surface area contributed by atoms with Crippen LogP contribution in [0.5, 0.6) is 17.2 Å². The Morgan fingerprint density at radius 2 is 1.97 bits per heavy atom. The first-order chi connectivity index (χ1) is 14.1. The smallest absolute Gasteiger partial charge is 0.277 e. The molecule has 1 aliphatic heterocycles. The predicted molar refractivity (Wildman–Crippen MR) is 102 cm³/mol. The molecule has 2 heterocycles. The summed E-state index contributed by atoms with van der Waals surface area (Å²) in [6.07, 6.45) is -0.637. The second kappa shape index (κ2) is 8.52. The van der Waals surface area contributed by atoms with Crippen LogP contribution < -0.4 is 14.2 Å². The Hall–Kier alpha value is -3.07. The molecule has 0 N–H and O–H groups in total. The van der Waals surface area contributed by atoms with Gasteiger partial charge in [-0.15, -0.1) is 10.2 Å². The molecule has 1 atom stereocenters. The normalized spacial score (nSPS) is 13.7. The van der Waals surface area contributed by atoms with Crippen LogP contribution in [0.25, 0.3) is 0 Å². The zero-order valence-electron chi connectivity index (χ0n) is 15.5. The highest BCUT2D eigenvalue weighted by Crippen LogP contribution is 2.31. The van der Waals surface area contributed by atoms with E-state index in [2.05, 4.69) is 10.2 Å². The topological polar surface area (TPSA) is 83.7 Å². The number of ether oxygens (including phenoxy) is 3. The molecule has 150 valence electrons. The Morgan fingerprint density at radius 1 is 1.17 bits per heavy atom. The minimum atomic E-state index is -0.637. The van der Waals surface area contributed by atoms with Gasteiger partial charge in [0.15, 0.2) is 35.0 Å². The van der Waals surface area contributed by atoms with Crippen molar-refractivity contribution in [3.05, 3.63) is 59.7 Å². The van der Waals surface area contributed by atoms with Gasteiger partial charge in [-0.05, 0) is 37.3 Å². The summed E-state index contributed by atoms with van der Waals surface area (Å²) in [5.41, 5.74) is 0.512. The maximum absolute atomic E-state index is 13.7. The summed E-state index contributed by atoms with van der Waals surface area (Å²) in [4.78, 5) is 12.4. The van der Waals surface area contributed by atoms with Crippen molar-refractivity contribution in [3.63, 3.8) is 0 Å². The number of aromatic nitrogens is 2. The van der Waals surface area contributed by atoms with E-state index in [9.17, 15) is 9.18 Å². The molecule has 0 amide bonds. The first-order valence-electron chi connectivity index (χ1n) is 8.90. The number of rotatable bonds is 7. The summed E-state index contributed by atoms with van der Waals surface area (Å²) in [6.45, 7) is 2.63. The highest BCUT2D eigenvalue weighted by Gasteiger charge is 2.19. The van der Waals surface area contributed by atoms with Gasteiger partial charge in [-0.25, -0.2) is 4.39 Å². The molecule has 0 spiro atoms. The lowest BCUT2D eigenvalue weighted by Crippen LogP contribution is -2.16. The number of hydrogen-bond donors (Lipinski definition) is 0. The van der Waals surface area contributed by atoms with Crippen LogP contribution in [0.4, 0.5) is 4.39 Å². The largest absolute Gasteiger partial charge is 0.486 e. The predicted octanol–water partition coefficient (Wildman–Crippen LogP) is 4.09. The van der Waals surface area contributed by atoms with Crippen molar-refractivity contribution >= 4 is 17.5 Å². The SMILES string of the molecule is C[C@H](Oc1ccccc1F)c1nnc(SCC(=O)c2ccc3c(c2)OCCO3)o1. The van der Waals surface area contributed by atoms with Crippen LogP contribution in [0.3, 0.4) is 0 Å². The van der Waals surface area contributed by atoms with Gasteiger partial charge in [-0.1, -0.05) is 23.9 Å². The molecule has 9 heteroatoms. The Labute approximate surface area is 170 Å². The molecule has 1 aromatic heterocycles. The number of carbonyl (C=O) groups is 1. The van der Waals surface area contributed by atoms with Crippen LogP contribution in [0.15, 0.2) is 52.1 Å². The molecule has 3 aromatic rings. The Bertz CT molecular complexity index is 1030. The van der Waals surface area contributed by atoms with Gasteiger partial charge in [-0.3, -0.25) is 4.79 Å². The first kappa shape index (κ1) is 19.3. The van der Waals surface area contributed by atoms with Crippen molar-refractivity contribution in [3.8, 4) is 17.2 Å². The lowest BCUT2D eigenvalue weighted by atomic mass is 10.1. The van der Waals surface area contributed by atoms with Gasteiger partial charge < -0.3 is 18.6 Å². The zero-order chi connectivity index (χ0) is 20.2. The number of halogens is 1. The van der Waals surface area contributed by atoms with E-state index in [0.29, 0.717) is 30.3 Å². The van der Waals surface area contributed by atoms with E-state index in [0.717, 1.165) is 11.8 Å². The third-order valence-corrected chi connectivity index (χ3v) is 4.92. The van der Waals surface area contributed by atoms with Gasteiger partial charge in [0.05, 0.1) is 5.75 Å². The van der Waals surface area contributed by atoms with Crippen molar-refractivity contribution in [2.45, 2.75) is 18.3 Å². The minimum absolute atomic E-state index is 0.0983. The zero-order valence-corrected chi connectivity index (χ0v) is 16.3. The van der Waals surface area contributed by atoms with Crippen LogP contribution in [0.2, 0.25) is 0 Å². The summed E-state index contributed by atoms with van der Waals surface area (Å²) < 4.78 is 35.7. The van der Waals surface area contributed by atoms with Crippen molar-refractivity contribution < 1.29 is 27.8 Å². The third-order valence-electron chi connectivity index (χ3n) is 4.10. The Kier molecular flexibility index (Phi) is 5.66. The molecular weight excluding hydrogens is 399 g/mol. The van der Waals surface area contributed by atoms with Gasteiger partial charge in [0, 0.05) is 5.56 Å². The van der Waals surface area contributed by atoms with E-state index in [-0.39, 0.29) is 28.4 Å². The maximum Gasteiger partial charge on any atom is 0.277 e. The summed E-state index contributed by atoms with van der Waals surface area (Å²) in [6, 6.07) is 11.2. The molecule has 2 aromatic carbocycles. The fourth-order valence-electron chi connectivity index (χ4n) is 2.65. The number of carbonyl (C=O) groups excluding carboxylic acids is 1. The van der Waals surface area contributed by atoms with Crippen molar-refractivity contribution in [2.75, 3.05) is 19.0 Å². The first-order valence-corrected chi connectivity index (χ1v) is 9.89. The van der Waals surface area contributed by atoms with Crippen molar-refractivity contribution in [1.82, 2.24) is 10.2 Å². The average Bonchev–Trinajstić information content (AvgIpc) is 3.22. The number of ketones is 1. The highest BCUT2D eigenvalue weighted by molar-refractivity contribution is 7.99. The van der Waals surface area contributed by atoms with E-state index in [1.165, 1.54) is 12.1 Å². The second-order valence-electron chi connectivity index (χ2n) is 6.17. The molecule has 7 nitrogen and oxygen atoms in total. The van der Waals surface area contributed by atoms with Gasteiger partial charge in [0.2, 0.25) is 0 Å². The summed E-state index contributed by atoms with van der Waals surface area (Å²) in [7, 11) is 0. The van der Waals surface area contributed by atoms with Crippen LogP contribution >= 0.6 is 11.8 Å². The lowest BCUT2D eigenvalue weighted by Gasteiger charge is -2.18. The van der Waals surface area contributed by atoms with Gasteiger partial charge >= 0.3 is 0 Å². The van der Waals surface area contributed by atoms with E-state index in [1.54, 1.807) is 37.3 Å². The molecular formula is C20H17FN2O5S. The van der Waals surface area contributed by atoms with Gasteiger partial charge in [0.1, 0.15) is 13.2 Å². The van der Waals surface area contributed by atoms with Gasteiger partial charge in [-0.2, -0.15) is 0 Å². The fourth-order valence-corrected chi connectivity index (χ4v) is 3.32. The average molecular weight is 416 g/mol. The van der Waals surface area contributed by atoms with Crippen LogP contribution in [0, 0.1) is 5.82 Å². The Morgan fingerprint density at radius 3 is 2.79 bits per heavy atom. The molecule has 0 radical (unpaired) electrons. The number of thioether (sulfide) groups is 1. The molecule has 1 aliphatic rings. The van der Waals surface area contributed by atoms with Crippen LogP contribution in [0.1, 0.15) is 29.3 Å². The van der Waals surface area contributed by atoms with Gasteiger partial charge in [0.25, 0.3) is 11.1 Å². The lowest BCUT2D eigenvalue weighted by molar-refractivity contribution is 0.102. The van der Waals surface area contributed by atoms with E-state index in [4.69, 9.17) is 18.6 Å².